The van der Waals surface area contributed by atoms with E-state index in [1.165, 1.54) is 0 Å². The number of carbonyl (C=O) groups excluding carboxylic acids is 2. The second-order valence-electron chi connectivity index (χ2n) is 7.48. The third kappa shape index (κ3) is 6.71. The highest BCUT2D eigenvalue weighted by atomic mass is 35.5. The molecule has 1 aromatic carbocycles. The molecule has 0 spiro atoms. The van der Waals surface area contributed by atoms with Gasteiger partial charge in [-0.1, -0.05) is 43.5 Å². The van der Waals surface area contributed by atoms with Crippen LogP contribution in [-0.4, -0.2) is 36.3 Å². The van der Waals surface area contributed by atoms with Gasteiger partial charge in [0.2, 0.25) is 5.91 Å². The number of carbonyl (C=O) groups is 2. The number of ether oxygens (including phenoxy) is 2. The average molecular weight is 472 g/mol. The summed E-state index contributed by atoms with van der Waals surface area (Å²) in [5.74, 6) is -1.19. The van der Waals surface area contributed by atoms with Gasteiger partial charge in [-0.05, 0) is 54.5 Å². The number of nitrogens with one attached hydrogen (secondary N) is 1. The summed E-state index contributed by atoms with van der Waals surface area (Å²) < 4.78 is 47.1. The molecule has 0 heterocycles. The van der Waals surface area contributed by atoms with Gasteiger partial charge in [-0.25, -0.2) is 4.79 Å². The van der Waals surface area contributed by atoms with E-state index >= 15 is 0 Å². The van der Waals surface area contributed by atoms with Gasteiger partial charge in [-0.2, -0.15) is 13.2 Å². The van der Waals surface area contributed by atoms with E-state index in [1.807, 2.05) is 0 Å². The molecule has 32 heavy (non-hydrogen) atoms. The van der Waals surface area contributed by atoms with Crippen LogP contribution in [-0.2, 0) is 25.5 Å². The number of halogens is 4. The molecule has 1 aliphatic carbocycles. The Balaban J connectivity index is 2.18. The van der Waals surface area contributed by atoms with Crippen LogP contribution in [0.5, 0.6) is 0 Å². The molecule has 1 saturated carbocycles. The molecular formula is C23H25ClF3NO4. The summed E-state index contributed by atoms with van der Waals surface area (Å²) in [7, 11) is 0. The van der Waals surface area contributed by atoms with Crippen LogP contribution in [0.2, 0.25) is 5.02 Å². The molecule has 9 heteroatoms. The quantitative estimate of drug-likeness (QED) is 0.395. The van der Waals surface area contributed by atoms with Crippen LogP contribution in [0.3, 0.4) is 0 Å². The predicted molar refractivity (Wildman–Crippen MR) is 117 cm³/mol. The Bertz CT molecular complexity index is 861. The lowest BCUT2D eigenvalue weighted by Gasteiger charge is -2.38. The Morgan fingerprint density at radius 3 is 2.19 bits per heavy atom. The van der Waals surface area contributed by atoms with E-state index in [2.05, 4.69) is 25.1 Å². The first-order valence-electron chi connectivity index (χ1n) is 9.92. The minimum Gasteiger partial charge on any atom is -0.433 e. The lowest BCUT2D eigenvalue weighted by atomic mass is 9.80. The maximum atomic E-state index is 12.9. The van der Waals surface area contributed by atoms with Crippen molar-refractivity contribution >= 4 is 35.6 Å². The van der Waals surface area contributed by atoms with Gasteiger partial charge in [0.25, 0.3) is 0 Å². The normalized spacial score (nSPS) is 20.8. The van der Waals surface area contributed by atoms with E-state index in [0.29, 0.717) is 21.7 Å². The number of hydrogen-bond acceptors (Lipinski definition) is 4. The molecule has 1 aromatic rings. The van der Waals surface area contributed by atoms with Crippen LogP contribution in [0.25, 0.3) is 12.2 Å². The molecule has 1 fully saturated rings. The van der Waals surface area contributed by atoms with E-state index in [0.717, 1.165) is 6.26 Å². The van der Waals surface area contributed by atoms with Crippen LogP contribution in [0.4, 0.5) is 13.2 Å². The molecule has 1 N–H and O–H groups in total. The van der Waals surface area contributed by atoms with Gasteiger partial charge in [-0.3, -0.25) is 4.79 Å². The van der Waals surface area contributed by atoms with Crippen molar-refractivity contribution in [2.75, 3.05) is 6.61 Å². The zero-order chi connectivity index (χ0) is 23.9. The van der Waals surface area contributed by atoms with E-state index in [-0.39, 0.29) is 32.1 Å². The van der Waals surface area contributed by atoms with Crippen molar-refractivity contribution in [3.05, 3.63) is 59.8 Å². The van der Waals surface area contributed by atoms with Crippen molar-refractivity contribution < 1.29 is 32.2 Å². The van der Waals surface area contributed by atoms with Crippen molar-refractivity contribution in [2.24, 2.45) is 0 Å². The van der Waals surface area contributed by atoms with Crippen molar-refractivity contribution in [2.45, 2.75) is 49.9 Å². The maximum Gasteiger partial charge on any atom is 0.411 e. The zero-order valence-electron chi connectivity index (χ0n) is 17.5. The topological polar surface area (TPSA) is 64.6 Å². The summed E-state index contributed by atoms with van der Waals surface area (Å²) in [6.07, 6.45) is -0.681. The first kappa shape index (κ1) is 25.7. The van der Waals surface area contributed by atoms with Gasteiger partial charge >= 0.3 is 12.1 Å². The summed E-state index contributed by atoms with van der Waals surface area (Å²) in [5, 5.41) is 3.20. The number of esters is 1. The number of amides is 1. The van der Waals surface area contributed by atoms with E-state index in [9.17, 15) is 22.8 Å². The van der Waals surface area contributed by atoms with Gasteiger partial charge in [0.1, 0.15) is 12.1 Å². The van der Waals surface area contributed by atoms with Gasteiger partial charge in [0.15, 0.2) is 0 Å². The molecule has 174 valence electrons. The molecule has 0 atom stereocenters. The van der Waals surface area contributed by atoms with Gasteiger partial charge in [-0.15, -0.1) is 0 Å². The Morgan fingerprint density at radius 1 is 1.16 bits per heavy atom. The summed E-state index contributed by atoms with van der Waals surface area (Å²) >= 11 is 6.09. The van der Waals surface area contributed by atoms with Crippen LogP contribution in [0, 0.1) is 0 Å². The Hall–Kier alpha value is -2.58. The van der Waals surface area contributed by atoms with Crippen LogP contribution in [0.15, 0.2) is 38.1 Å². The molecule has 0 aliphatic heterocycles. The average Bonchev–Trinajstić information content (AvgIpc) is 2.73. The molecule has 2 rings (SSSR count). The highest BCUT2D eigenvalue weighted by molar-refractivity contribution is 6.31. The lowest BCUT2D eigenvalue weighted by molar-refractivity contribution is -0.190. The molecule has 0 saturated heterocycles. The van der Waals surface area contributed by atoms with E-state index < -0.39 is 36.3 Å². The smallest absolute Gasteiger partial charge is 0.411 e. The lowest BCUT2D eigenvalue weighted by Crippen LogP contribution is -2.57. The van der Waals surface area contributed by atoms with Crippen LogP contribution in [0.1, 0.15) is 42.4 Å². The summed E-state index contributed by atoms with van der Waals surface area (Å²) in [6.45, 7) is 9.47. The standard InChI is InChI=1S/C23H25ClF3NO4/c1-4-15-11-17(24)12-16(5-2)19(15)13-20(29)28-22(21(30)31-6-3)9-7-18(8-10-22)32-14-23(25,26)27/h4-6,11-12,18H,1-3,7-10,13-14H2,(H,28,29). The second kappa shape index (κ2) is 10.8. The fraction of sp³-hybridized carbons (Fsp3) is 0.391. The molecule has 5 nitrogen and oxygen atoms in total. The maximum absolute atomic E-state index is 12.9. The monoisotopic (exact) mass is 471 g/mol. The van der Waals surface area contributed by atoms with Gasteiger partial charge in [0.05, 0.1) is 18.8 Å². The Kier molecular flexibility index (Phi) is 8.69. The largest absolute Gasteiger partial charge is 0.433 e. The van der Waals surface area contributed by atoms with Gasteiger partial charge < -0.3 is 14.8 Å². The van der Waals surface area contributed by atoms with Crippen LogP contribution >= 0.6 is 11.6 Å². The fourth-order valence-corrected chi connectivity index (χ4v) is 3.99. The van der Waals surface area contributed by atoms with Gasteiger partial charge in [0, 0.05) is 5.02 Å². The molecule has 0 bridgehead atoms. The predicted octanol–water partition coefficient (Wildman–Crippen LogP) is 5.23. The first-order chi connectivity index (χ1) is 15.0. The number of rotatable bonds is 9. The molecule has 0 aromatic heterocycles. The Labute approximate surface area is 189 Å². The van der Waals surface area contributed by atoms with E-state index in [1.54, 1.807) is 24.3 Å². The minimum absolute atomic E-state index is 0.0667. The molecule has 0 radical (unpaired) electrons. The minimum atomic E-state index is -4.44. The highest BCUT2D eigenvalue weighted by Gasteiger charge is 2.45. The highest BCUT2D eigenvalue weighted by Crippen LogP contribution is 2.33. The number of benzene rings is 1. The fourth-order valence-electron chi connectivity index (χ4n) is 3.75. The second-order valence-corrected chi connectivity index (χ2v) is 7.91. The third-order valence-electron chi connectivity index (χ3n) is 5.29. The van der Waals surface area contributed by atoms with Crippen LogP contribution < -0.4 is 5.32 Å². The van der Waals surface area contributed by atoms with Crippen molar-refractivity contribution in [1.29, 1.82) is 0 Å². The van der Waals surface area contributed by atoms with Crippen molar-refractivity contribution in [1.82, 2.24) is 5.32 Å². The molecule has 1 amide bonds. The first-order valence-corrected chi connectivity index (χ1v) is 10.3. The third-order valence-corrected chi connectivity index (χ3v) is 5.51. The molecular weight excluding hydrogens is 447 g/mol. The summed E-state index contributed by atoms with van der Waals surface area (Å²) in [6, 6.07) is 3.32. The SMILES string of the molecule is C=COC(=O)C1(NC(=O)Cc2c(C=C)cc(Cl)cc2C=C)CCC(OCC(F)(F)F)CC1. The zero-order valence-corrected chi connectivity index (χ0v) is 18.2. The number of hydrogen-bond donors (Lipinski definition) is 1. The van der Waals surface area contributed by atoms with Crippen molar-refractivity contribution in [3.8, 4) is 0 Å². The Morgan fingerprint density at radius 2 is 1.72 bits per heavy atom. The van der Waals surface area contributed by atoms with E-state index in [4.69, 9.17) is 21.1 Å². The van der Waals surface area contributed by atoms with Crippen molar-refractivity contribution in [3.63, 3.8) is 0 Å². The summed E-state index contributed by atoms with van der Waals surface area (Å²) in [4.78, 5) is 25.6. The summed E-state index contributed by atoms with van der Waals surface area (Å²) in [5.41, 5.74) is 0.536. The number of alkyl halides is 3. The molecule has 1 aliphatic rings. The molecule has 0 unspecified atom stereocenters.